The Labute approximate surface area is 128 Å². The summed E-state index contributed by atoms with van der Waals surface area (Å²) in [6.07, 6.45) is 2.90. The van der Waals surface area contributed by atoms with Gasteiger partial charge in [-0.05, 0) is 19.8 Å². The van der Waals surface area contributed by atoms with Crippen molar-refractivity contribution < 1.29 is 14.3 Å². The molecular formula is C14H21N3O3S. The minimum Gasteiger partial charge on any atom is -0.466 e. The highest BCUT2D eigenvalue weighted by Gasteiger charge is 2.17. The maximum absolute atomic E-state index is 11.9. The van der Waals surface area contributed by atoms with Crippen molar-refractivity contribution in [3.05, 3.63) is 11.1 Å². The third-order valence-electron chi connectivity index (χ3n) is 3.26. The van der Waals surface area contributed by atoms with Crippen molar-refractivity contribution in [3.63, 3.8) is 0 Å². The van der Waals surface area contributed by atoms with E-state index in [-0.39, 0.29) is 18.3 Å². The van der Waals surface area contributed by atoms with E-state index in [1.807, 2.05) is 10.3 Å². The molecule has 1 aromatic rings. The molecule has 2 rings (SSSR count). The molecule has 7 heteroatoms. The van der Waals surface area contributed by atoms with Crippen molar-refractivity contribution in [2.45, 2.75) is 32.6 Å². The first-order chi connectivity index (χ1) is 10.2. The molecule has 1 aliphatic rings. The first-order valence-corrected chi connectivity index (χ1v) is 8.18. The Bertz CT molecular complexity index is 484. The molecule has 0 saturated carbocycles. The van der Waals surface area contributed by atoms with E-state index in [0.717, 1.165) is 31.1 Å². The number of hydrogen-bond acceptors (Lipinski definition) is 6. The van der Waals surface area contributed by atoms with Gasteiger partial charge in [-0.2, -0.15) is 0 Å². The van der Waals surface area contributed by atoms with E-state index in [9.17, 15) is 9.59 Å². The molecule has 1 saturated heterocycles. The van der Waals surface area contributed by atoms with Gasteiger partial charge in [0.15, 0.2) is 5.13 Å². The average molecular weight is 311 g/mol. The summed E-state index contributed by atoms with van der Waals surface area (Å²) in [6.45, 7) is 4.51. The summed E-state index contributed by atoms with van der Waals surface area (Å²) in [5.41, 5.74) is 0.701. The number of hydrogen-bond donors (Lipinski definition) is 1. The van der Waals surface area contributed by atoms with Crippen LogP contribution in [0.15, 0.2) is 5.38 Å². The summed E-state index contributed by atoms with van der Waals surface area (Å²) in [6, 6.07) is 0. The zero-order chi connectivity index (χ0) is 15.1. The van der Waals surface area contributed by atoms with Gasteiger partial charge in [-0.25, -0.2) is 4.98 Å². The second-order valence-corrected chi connectivity index (χ2v) is 5.75. The Balaban J connectivity index is 1.70. The van der Waals surface area contributed by atoms with Gasteiger partial charge in [0.1, 0.15) is 0 Å². The molecule has 0 aliphatic carbocycles. The third-order valence-corrected chi connectivity index (χ3v) is 4.11. The van der Waals surface area contributed by atoms with Crippen LogP contribution in [0.5, 0.6) is 0 Å². The predicted octanol–water partition coefficient (Wildman–Crippen LogP) is 1.67. The van der Waals surface area contributed by atoms with E-state index >= 15 is 0 Å². The van der Waals surface area contributed by atoms with Crippen LogP contribution in [-0.4, -0.2) is 48.0 Å². The maximum Gasteiger partial charge on any atom is 0.311 e. The second-order valence-electron chi connectivity index (χ2n) is 4.89. The molecule has 0 bridgehead atoms. The predicted molar refractivity (Wildman–Crippen MR) is 81.4 cm³/mol. The van der Waals surface area contributed by atoms with Crippen molar-refractivity contribution in [2.75, 3.05) is 31.6 Å². The zero-order valence-electron chi connectivity index (χ0n) is 12.3. The van der Waals surface area contributed by atoms with Gasteiger partial charge >= 0.3 is 5.97 Å². The van der Waals surface area contributed by atoms with Crippen LogP contribution in [-0.2, 0) is 20.7 Å². The fourth-order valence-corrected chi connectivity index (χ4v) is 2.97. The Morgan fingerprint density at radius 1 is 1.43 bits per heavy atom. The number of aromatic nitrogens is 1. The van der Waals surface area contributed by atoms with Crippen LogP contribution in [0.4, 0.5) is 5.13 Å². The van der Waals surface area contributed by atoms with E-state index in [0.29, 0.717) is 25.3 Å². The highest BCUT2D eigenvalue weighted by Crippen LogP contribution is 2.16. The van der Waals surface area contributed by atoms with E-state index in [2.05, 4.69) is 10.3 Å². The van der Waals surface area contributed by atoms with Crippen molar-refractivity contribution in [1.82, 2.24) is 9.88 Å². The van der Waals surface area contributed by atoms with Crippen molar-refractivity contribution in [1.29, 1.82) is 0 Å². The van der Waals surface area contributed by atoms with Crippen LogP contribution in [0.2, 0.25) is 0 Å². The number of likely N-dealkylation sites (tertiary alicyclic amines) is 1. The summed E-state index contributed by atoms with van der Waals surface area (Å²) >= 11 is 1.44. The largest absolute Gasteiger partial charge is 0.466 e. The summed E-state index contributed by atoms with van der Waals surface area (Å²) in [7, 11) is 0. The number of amides is 1. The van der Waals surface area contributed by atoms with Gasteiger partial charge in [0.05, 0.1) is 18.7 Å². The number of carbonyl (C=O) groups is 2. The molecule has 2 heterocycles. The molecule has 0 aromatic carbocycles. The lowest BCUT2D eigenvalue weighted by Gasteiger charge is -2.14. The summed E-state index contributed by atoms with van der Waals surface area (Å²) in [5, 5.41) is 5.71. The van der Waals surface area contributed by atoms with Gasteiger partial charge in [0, 0.05) is 31.4 Å². The molecule has 0 atom stereocenters. The lowest BCUT2D eigenvalue weighted by atomic mass is 10.3. The average Bonchev–Trinajstić information content (AvgIpc) is 3.10. The minimum absolute atomic E-state index is 0.193. The number of nitrogens with zero attached hydrogens (tertiary/aromatic N) is 2. The Morgan fingerprint density at radius 3 is 2.90 bits per heavy atom. The number of ether oxygens (including phenoxy) is 1. The quantitative estimate of drug-likeness (QED) is 0.776. The molecule has 116 valence electrons. The molecule has 1 N–H and O–H groups in total. The van der Waals surface area contributed by atoms with Crippen LogP contribution in [0.25, 0.3) is 0 Å². The first kappa shape index (κ1) is 15.8. The lowest BCUT2D eigenvalue weighted by Crippen LogP contribution is -2.29. The molecule has 0 unspecified atom stereocenters. The monoisotopic (exact) mass is 311 g/mol. The SMILES string of the molecule is CCOC(=O)Cc1csc(NCCC(=O)N2CCCC2)n1. The van der Waals surface area contributed by atoms with Gasteiger partial charge in [-0.15, -0.1) is 11.3 Å². The van der Waals surface area contributed by atoms with Gasteiger partial charge in [-0.3, -0.25) is 9.59 Å². The van der Waals surface area contributed by atoms with Crippen LogP contribution in [0, 0.1) is 0 Å². The number of esters is 1. The van der Waals surface area contributed by atoms with E-state index < -0.39 is 0 Å². The number of rotatable bonds is 7. The van der Waals surface area contributed by atoms with Crippen LogP contribution in [0.1, 0.15) is 31.9 Å². The summed E-state index contributed by atoms with van der Waals surface area (Å²) < 4.78 is 4.88. The summed E-state index contributed by atoms with van der Waals surface area (Å²) in [5.74, 6) is -0.0677. The molecule has 1 amide bonds. The van der Waals surface area contributed by atoms with Gasteiger partial charge in [0.2, 0.25) is 5.91 Å². The molecule has 0 spiro atoms. The molecule has 1 fully saturated rings. The Morgan fingerprint density at radius 2 is 2.19 bits per heavy atom. The molecule has 6 nitrogen and oxygen atoms in total. The highest BCUT2D eigenvalue weighted by molar-refractivity contribution is 7.13. The fourth-order valence-electron chi connectivity index (χ4n) is 2.23. The minimum atomic E-state index is -0.265. The Kier molecular flexibility index (Phi) is 5.98. The van der Waals surface area contributed by atoms with Gasteiger partial charge < -0.3 is 15.0 Å². The van der Waals surface area contributed by atoms with Crippen molar-refractivity contribution in [3.8, 4) is 0 Å². The zero-order valence-corrected chi connectivity index (χ0v) is 13.1. The molecular weight excluding hydrogens is 290 g/mol. The standard InChI is InChI=1S/C14H21N3O3S/c1-2-20-13(19)9-11-10-21-14(16-11)15-6-5-12(18)17-7-3-4-8-17/h10H,2-9H2,1H3,(H,15,16). The normalized spacial score (nSPS) is 14.2. The van der Waals surface area contributed by atoms with Crippen LogP contribution < -0.4 is 5.32 Å². The number of carbonyl (C=O) groups excluding carboxylic acids is 2. The highest BCUT2D eigenvalue weighted by atomic mass is 32.1. The number of nitrogens with one attached hydrogen (secondary N) is 1. The first-order valence-electron chi connectivity index (χ1n) is 7.30. The Hall–Kier alpha value is -1.63. The lowest BCUT2D eigenvalue weighted by molar-refractivity contribution is -0.142. The number of anilines is 1. The van der Waals surface area contributed by atoms with E-state index in [1.165, 1.54) is 11.3 Å². The third kappa shape index (κ3) is 5.00. The molecule has 0 radical (unpaired) electrons. The topological polar surface area (TPSA) is 71.5 Å². The van der Waals surface area contributed by atoms with E-state index in [1.54, 1.807) is 6.92 Å². The van der Waals surface area contributed by atoms with Crippen LogP contribution >= 0.6 is 11.3 Å². The van der Waals surface area contributed by atoms with Gasteiger partial charge in [-0.1, -0.05) is 0 Å². The fraction of sp³-hybridized carbons (Fsp3) is 0.643. The van der Waals surface area contributed by atoms with Crippen molar-refractivity contribution >= 4 is 28.3 Å². The molecule has 21 heavy (non-hydrogen) atoms. The van der Waals surface area contributed by atoms with E-state index in [4.69, 9.17) is 4.74 Å². The van der Waals surface area contributed by atoms with Crippen molar-refractivity contribution in [2.24, 2.45) is 0 Å². The van der Waals surface area contributed by atoms with Gasteiger partial charge in [0.25, 0.3) is 0 Å². The molecule has 1 aromatic heterocycles. The number of thiazole rings is 1. The summed E-state index contributed by atoms with van der Waals surface area (Å²) in [4.78, 5) is 29.4. The second kappa shape index (κ2) is 7.97. The molecule has 1 aliphatic heterocycles. The maximum atomic E-state index is 11.9. The van der Waals surface area contributed by atoms with Crippen LogP contribution in [0.3, 0.4) is 0 Å². The smallest absolute Gasteiger partial charge is 0.311 e.